The van der Waals surface area contributed by atoms with Gasteiger partial charge in [-0.1, -0.05) is 0 Å². The topological polar surface area (TPSA) is 98.5 Å². The van der Waals surface area contributed by atoms with E-state index in [4.69, 9.17) is 9.88 Å². The second-order valence-electron chi connectivity index (χ2n) is 5.00. The Labute approximate surface area is 119 Å². The van der Waals surface area contributed by atoms with Crippen LogP contribution in [0.3, 0.4) is 0 Å². The fourth-order valence-corrected chi connectivity index (χ4v) is 2.26. The molecule has 0 bridgehead atoms. The highest BCUT2D eigenvalue weighted by atomic mass is 32.2. The molecule has 112 valence electrons. The van der Waals surface area contributed by atoms with Crippen molar-refractivity contribution in [1.29, 1.82) is 0 Å². The van der Waals surface area contributed by atoms with E-state index in [1.807, 2.05) is 13.8 Å². The van der Waals surface area contributed by atoms with Gasteiger partial charge in [-0.05, 0) is 45.9 Å². The fourth-order valence-electron chi connectivity index (χ4n) is 1.57. The van der Waals surface area contributed by atoms with E-state index in [2.05, 4.69) is 5.32 Å². The summed E-state index contributed by atoms with van der Waals surface area (Å²) in [5, 5.41) is 7.85. The zero-order chi connectivity index (χ0) is 15.5. The number of benzene rings is 1. The smallest absolute Gasteiger partial charge is 0.251 e. The van der Waals surface area contributed by atoms with E-state index in [1.54, 1.807) is 13.8 Å². The van der Waals surface area contributed by atoms with Gasteiger partial charge in [0.2, 0.25) is 10.0 Å². The number of carbonyl (C=O) groups is 1. The molecule has 6 nitrogen and oxygen atoms in total. The molecule has 20 heavy (non-hydrogen) atoms. The second kappa shape index (κ2) is 6.23. The molecule has 0 spiro atoms. The molecule has 1 aromatic rings. The zero-order valence-corrected chi connectivity index (χ0v) is 12.8. The van der Waals surface area contributed by atoms with Crippen LogP contribution >= 0.6 is 0 Å². The number of nitrogens with one attached hydrogen (secondary N) is 1. The minimum Gasteiger partial charge on any atom is -0.490 e. The molecule has 1 rings (SSSR count). The van der Waals surface area contributed by atoms with Crippen molar-refractivity contribution >= 4 is 15.9 Å². The molecule has 0 heterocycles. The van der Waals surface area contributed by atoms with Gasteiger partial charge in [0.25, 0.3) is 5.91 Å². The zero-order valence-electron chi connectivity index (χ0n) is 12.0. The van der Waals surface area contributed by atoms with Gasteiger partial charge in [0, 0.05) is 11.6 Å². The molecule has 3 N–H and O–H groups in total. The van der Waals surface area contributed by atoms with Crippen molar-refractivity contribution in [1.82, 2.24) is 5.32 Å². The Morgan fingerprint density at radius 3 is 2.30 bits per heavy atom. The normalized spacial score (nSPS) is 11.8. The van der Waals surface area contributed by atoms with E-state index >= 15 is 0 Å². The van der Waals surface area contributed by atoms with E-state index in [0.29, 0.717) is 0 Å². The highest BCUT2D eigenvalue weighted by Gasteiger charge is 2.19. The standard InChI is InChI=1S/C13H20N2O4S/c1-8(2)15-13(16)10-5-6-11(19-9(3)4)12(7-10)20(14,17)18/h5-9H,1-4H3,(H,15,16)(H2,14,17,18). The van der Waals surface area contributed by atoms with Gasteiger partial charge >= 0.3 is 0 Å². The number of nitrogens with two attached hydrogens (primary N) is 1. The SMILES string of the molecule is CC(C)NC(=O)c1ccc(OC(C)C)c(S(N)(=O)=O)c1. The Kier molecular flexibility index (Phi) is 5.13. The summed E-state index contributed by atoms with van der Waals surface area (Å²) in [7, 11) is -3.97. The average molecular weight is 300 g/mol. The van der Waals surface area contributed by atoms with E-state index in [9.17, 15) is 13.2 Å². The highest BCUT2D eigenvalue weighted by Crippen LogP contribution is 2.25. The lowest BCUT2D eigenvalue weighted by molar-refractivity contribution is 0.0943. The summed E-state index contributed by atoms with van der Waals surface area (Å²) in [6.45, 7) is 7.17. The molecule has 0 saturated carbocycles. The van der Waals surface area contributed by atoms with E-state index in [1.165, 1.54) is 18.2 Å². The molecule has 0 saturated heterocycles. The Morgan fingerprint density at radius 1 is 1.25 bits per heavy atom. The quantitative estimate of drug-likeness (QED) is 0.855. The van der Waals surface area contributed by atoms with Crippen molar-refractivity contribution in [3.05, 3.63) is 23.8 Å². The predicted molar refractivity (Wildman–Crippen MR) is 76.2 cm³/mol. The van der Waals surface area contributed by atoms with Crippen LogP contribution in [0.15, 0.2) is 23.1 Å². The highest BCUT2D eigenvalue weighted by molar-refractivity contribution is 7.89. The van der Waals surface area contributed by atoms with Crippen LogP contribution in [0.1, 0.15) is 38.1 Å². The van der Waals surface area contributed by atoms with Gasteiger partial charge in [-0.25, -0.2) is 13.6 Å². The molecule has 1 amide bonds. The molecule has 0 aromatic heterocycles. The minimum absolute atomic E-state index is 0.0491. The van der Waals surface area contributed by atoms with E-state index < -0.39 is 10.0 Å². The molecule has 0 unspecified atom stereocenters. The number of amides is 1. The van der Waals surface area contributed by atoms with Crippen molar-refractivity contribution in [3.8, 4) is 5.75 Å². The van der Waals surface area contributed by atoms with Crippen LogP contribution < -0.4 is 15.2 Å². The first-order valence-electron chi connectivity index (χ1n) is 6.25. The number of hydrogen-bond acceptors (Lipinski definition) is 4. The summed E-state index contributed by atoms with van der Waals surface area (Å²) >= 11 is 0. The van der Waals surface area contributed by atoms with Crippen molar-refractivity contribution in [2.24, 2.45) is 5.14 Å². The Balaban J connectivity index is 3.25. The van der Waals surface area contributed by atoms with Crippen LogP contribution in [0.4, 0.5) is 0 Å². The van der Waals surface area contributed by atoms with Gasteiger partial charge in [0.15, 0.2) is 0 Å². The molecule has 0 fully saturated rings. The first-order chi connectivity index (χ1) is 9.11. The van der Waals surface area contributed by atoms with Crippen LogP contribution in [-0.2, 0) is 10.0 Å². The first kappa shape index (κ1) is 16.5. The van der Waals surface area contributed by atoms with E-state index in [0.717, 1.165) is 0 Å². The molecule has 0 aliphatic heterocycles. The Bertz CT molecular complexity index is 594. The van der Waals surface area contributed by atoms with Gasteiger partial charge in [0.05, 0.1) is 6.10 Å². The van der Waals surface area contributed by atoms with Crippen molar-refractivity contribution in [3.63, 3.8) is 0 Å². The van der Waals surface area contributed by atoms with Crippen LogP contribution in [-0.4, -0.2) is 26.5 Å². The van der Waals surface area contributed by atoms with Gasteiger partial charge in [0.1, 0.15) is 10.6 Å². The summed E-state index contributed by atoms with van der Waals surface area (Å²) < 4.78 is 28.6. The largest absolute Gasteiger partial charge is 0.490 e. The second-order valence-corrected chi connectivity index (χ2v) is 6.53. The first-order valence-corrected chi connectivity index (χ1v) is 7.80. The molecule has 1 aromatic carbocycles. The lowest BCUT2D eigenvalue weighted by Gasteiger charge is -2.15. The van der Waals surface area contributed by atoms with Crippen LogP contribution in [0.25, 0.3) is 0 Å². The predicted octanol–water partition coefficient (Wildman–Crippen LogP) is 1.26. The summed E-state index contributed by atoms with van der Waals surface area (Å²) in [5.74, 6) is -0.218. The molecule has 0 aliphatic rings. The van der Waals surface area contributed by atoms with Gasteiger partial charge in [-0.15, -0.1) is 0 Å². The number of sulfonamides is 1. The summed E-state index contributed by atoms with van der Waals surface area (Å²) in [6, 6.07) is 4.12. The van der Waals surface area contributed by atoms with Gasteiger partial charge in [-0.3, -0.25) is 4.79 Å². The summed E-state index contributed by atoms with van der Waals surface area (Å²) in [6.07, 6.45) is -0.203. The maximum absolute atomic E-state index is 11.9. The molecular weight excluding hydrogens is 280 g/mol. The van der Waals surface area contributed by atoms with Crippen molar-refractivity contribution < 1.29 is 17.9 Å². The third-order valence-electron chi connectivity index (χ3n) is 2.29. The van der Waals surface area contributed by atoms with Crippen LogP contribution in [0, 0.1) is 0 Å². The fraction of sp³-hybridized carbons (Fsp3) is 0.462. The number of rotatable bonds is 5. The van der Waals surface area contributed by atoms with Crippen LogP contribution in [0.5, 0.6) is 5.75 Å². The van der Waals surface area contributed by atoms with Crippen molar-refractivity contribution in [2.45, 2.75) is 44.7 Å². The average Bonchev–Trinajstić information content (AvgIpc) is 2.26. The summed E-state index contributed by atoms with van der Waals surface area (Å²) in [5.41, 5.74) is 0.221. The maximum Gasteiger partial charge on any atom is 0.251 e. The van der Waals surface area contributed by atoms with Gasteiger partial charge < -0.3 is 10.1 Å². The minimum atomic E-state index is -3.97. The molecular formula is C13H20N2O4S. The monoisotopic (exact) mass is 300 g/mol. The lowest BCUT2D eigenvalue weighted by Crippen LogP contribution is -2.30. The van der Waals surface area contributed by atoms with E-state index in [-0.39, 0.29) is 34.3 Å². The summed E-state index contributed by atoms with van der Waals surface area (Å²) in [4.78, 5) is 11.7. The molecule has 0 aliphatic carbocycles. The molecule has 0 atom stereocenters. The number of hydrogen-bond donors (Lipinski definition) is 2. The number of ether oxygens (including phenoxy) is 1. The van der Waals surface area contributed by atoms with Crippen molar-refractivity contribution in [2.75, 3.05) is 0 Å². The molecule has 0 radical (unpaired) electrons. The van der Waals surface area contributed by atoms with Crippen LogP contribution in [0.2, 0.25) is 0 Å². The number of carbonyl (C=O) groups excluding carboxylic acids is 1. The molecule has 7 heteroatoms. The maximum atomic E-state index is 11.9. The number of primary sulfonamides is 1. The Morgan fingerprint density at radius 2 is 1.85 bits per heavy atom. The van der Waals surface area contributed by atoms with Gasteiger partial charge in [-0.2, -0.15) is 0 Å². The third kappa shape index (κ3) is 4.50. The Hall–Kier alpha value is -1.60. The third-order valence-corrected chi connectivity index (χ3v) is 3.23. The lowest BCUT2D eigenvalue weighted by atomic mass is 10.2.